The van der Waals surface area contributed by atoms with Crippen LogP contribution in [0.3, 0.4) is 0 Å². The summed E-state index contributed by atoms with van der Waals surface area (Å²) in [6, 6.07) is 9.54. The molecule has 0 N–H and O–H groups in total. The Hall–Kier alpha value is -1.29. The van der Waals surface area contributed by atoms with E-state index in [9.17, 15) is 0 Å². The molecule has 0 saturated carbocycles. The molecule has 0 amide bonds. The molecular weight excluding hydrogens is 176 g/mol. The van der Waals surface area contributed by atoms with Crippen molar-refractivity contribution in [2.45, 2.75) is 5.62 Å². The molecule has 1 aliphatic heterocycles. The van der Waals surface area contributed by atoms with Crippen molar-refractivity contribution in [1.29, 1.82) is 0 Å². The van der Waals surface area contributed by atoms with Crippen LogP contribution < -0.4 is 0 Å². The van der Waals surface area contributed by atoms with Gasteiger partial charge in [-0.3, -0.25) is 0 Å². The summed E-state index contributed by atoms with van der Waals surface area (Å²) in [5.41, 5.74) is 0.384. The zero-order valence-corrected chi connectivity index (χ0v) is 6.89. The van der Waals surface area contributed by atoms with Crippen LogP contribution in [0.5, 0.6) is 0 Å². The minimum atomic E-state index is -0.507. The van der Waals surface area contributed by atoms with Gasteiger partial charge in [0.05, 0.1) is 0 Å². The topological polar surface area (TPSA) is 40.1 Å². The molecule has 0 aromatic heterocycles. The van der Waals surface area contributed by atoms with E-state index in [1.807, 2.05) is 30.3 Å². The van der Waals surface area contributed by atoms with Gasteiger partial charge in [-0.2, -0.15) is 0 Å². The molecule has 1 heterocycles. The second-order valence-corrected chi connectivity index (χ2v) is 2.68. The lowest BCUT2D eigenvalue weighted by molar-refractivity contribution is -0.518. The standard InChI is InChI=1S/C7H6ClN4/c8-7-9-10-11-12(7)6-4-2-1-3-5-6/h1-5,7H/q+1. The summed E-state index contributed by atoms with van der Waals surface area (Å²) in [7, 11) is 0. The third-order valence-corrected chi connectivity index (χ3v) is 1.78. The van der Waals surface area contributed by atoms with Gasteiger partial charge in [-0.05, 0) is 23.7 Å². The summed E-state index contributed by atoms with van der Waals surface area (Å²) in [6.45, 7) is 0. The molecule has 0 aliphatic carbocycles. The Morgan fingerprint density at radius 3 is 2.58 bits per heavy atom. The van der Waals surface area contributed by atoms with Gasteiger partial charge in [0.2, 0.25) is 5.22 Å². The monoisotopic (exact) mass is 181 g/mol. The number of benzene rings is 1. The van der Waals surface area contributed by atoms with Gasteiger partial charge < -0.3 is 0 Å². The lowest BCUT2D eigenvalue weighted by Crippen LogP contribution is -2.07. The van der Waals surface area contributed by atoms with Crippen LogP contribution in [0.15, 0.2) is 45.9 Å². The molecule has 60 valence electrons. The van der Waals surface area contributed by atoms with Gasteiger partial charge in [0.25, 0.3) is 0 Å². The maximum absolute atomic E-state index is 5.78. The van der Waals surface area contributed by atoms with Crippen LogP contribution in [-0.2, 0) is 0 Å². The summed E-state index contributed by atoms with van der Waals surface area (Å²) < 4.78 is 1.54. The van der Waals surface area contributed by atoms with Gasteiger partial charge in [0.1, 0.15) is 0 Å². The van der Waals surface area contributed by atoms with E-state index >= 15 is 0 Å². The predicted molar refractivity (Wildman–Crippen MR) is 43.3 cm³/mol. The van der Waals surface area contributed by atoms with Crippen molar-refractivity contribution < 1.29 is 4.70 Å². The predicted octanol–water partition coefficient (Wildman–Crippen LogP) is 2.69. The first-order chi connectivity index (χ1) is 5.88. The summed E-state index contributed by atoms with van der Waals surface area (Å²) in [6.07, 6.45) is 0. The Balaban J connectivity index is 2.34. The molecule has 1 unspecified atom stereocenters. The number of para-hydroxylation sites is 1. The van der Waals surface area contributed by atoms with Crippen LogP contribution in [0.1, 0.15) is 0 Å². The largest absolute Gasteiger partial charge is 0.332 e. The highest BCUT2D eigenvalue weighted by Gasteiger charge is 2.24. The van der Waals surface area contributed by atoms with E-state index in [2.05, 4.69) is 15.6 Å². The molecule has 1 aromatic carbocycles. The van der Waals surface area contributed by atoms with Crippen molar-refractivity contribution in [2.75, 3.05) is 0 Å². The smallest absolute Gasteiger partial charge is 0.0851 e. The second kappa shape index (κ2) is 2.98. The summed E-state index contributed by atoms with van der Waals surface area (Å²) in [5, 5.41) is 10.9. The molecule has 1 atom stereocenters. The number of alkyl halides is 1. The van der Waals surface area contributed by atoms with Crippen LogP contribution in [0.2, 0.25) is 0 Å². The molecule has 0 radical (unpaired) electrons. The van der Waals surface area contributed by atoms with Gasteiger partial charge in [-0.25, -0.2) is 0 Å². The summed E-state index contributed by atoms with van der Waals surface area (Å²) >= 11 is 5.78. The van der Waals surface area contributed by atoms with E-state index in [4.69, 9.17) is 11.6 Å². The first-order valence-corrected chi connectivity index (χ1v) is 3.91. The number of rotatable bonds is 1. The Kier molecular flexibility index (Phi) is 1.83. The average Bonchev–Trinajstić information content (AvgIpc) is 2.53. The summed E-state index contributed by atoms with van der Waals surface area (Å²) in [4.78, 5) is 0. The van der Waals surface area contributed by atoms with Crippen LogP contribution in [-0.4, -0.2) is 10.3 Å². The molecule has 2 rings (SSSR count). The van der Waals surface area contributed by atoms with Crippen LogP contribution in [0.25, 0.3) is 0 Å². The van der Waals surface area contributed by atoms with Gasteiger partial charge in [-0.1, -0.05) is 22.9 Å². The van der Waals surface area contributed by atoms with E-state index in [-0.39, 0.29) is 0 Å². The normalized spacial score (nSPS) is 21.1. The van der Waals surface area contributed by atoms with Gasteiger partial charge in [0.15, 0.2) is 10.9 Å². The Morgan fingerprint density at radius 2 is 2.00 bits per heavy atom. The first-order valence-electron chi connectivity index (χ1n) is 3.47. The highest BCUT2D eigenvalue weighted by molar-refractivity contribution is 6.19. The van der Waals surface area contributed by atoms with Crippen molar-refractivity contribution in [3.63, 3.8) is 0 Å². The van der Waals surface area contributed by atoms with Crippen LogP contribution in [0, 0.1) is 0 Å². The quantitative estimate of drug-likeness (QED) is 0.363. The average molecular weight is 182 g/mol. The number of nitrogens with zero attached hydrogens (tertiary/aromatic N) is 4. The maximum atomic E-state index is 5.78. The zero-order chi connectivity index (χ0) is 8.39. The Labute approximate surface area is 74.2 Å². The first kappa shape index (κ1) is 7.36. The van der Waals surface area contributed by atoms with Gasteiger partial charge in [-0.15, -0.1) is 0 Å². The highest BCUT2D eigenvalue weighted by Crippen LogP contribution is 2.20. The second-order valence-electron chi connectivity index (χ2n) is 2.29. The molecule has 1 aliphatic rings. The molecule has 0 bridgehead atoms. The molecule has 1 aromatic rings. The maximum Gasteiger partial charge on any atom is 0.332 e. The third-order valence-electron chi connectivity index (χ3n) is 1.51. The van der Waals surface area contributed by atoms with E-state index in [0.29, 0.717) is 0 Å². The van der Waals surface area contributed by atoms with E-state index in [1.54, 1.807) is 4.70 Å². The zero-order valence-electron chi connectivity index (χ0n) is 6.13. The summed E-state index contributed by atoms with van der Waals surface area (Å²) in [5.74, 6) is 0. The fourth-order valence-corrected chi connectivity index (χ4v) is 1.15. The molecule has 5 heteroatoms. The molecule has 0 spiro atoms. The fraction of sp³-hybridized carbons (Fsp3) is 0.143. The lowest BCUT2D eigenvalue weighted by Gasteiger charge is -1.96. The number of halogens is 1. The molecule has 12 heavy (non-hydrogen) atoms. The van der Waals surface area contributed by atoms with Crippen molar-refractivity contribution in [2.24, 2.45) is 15.6 Å². The van der Waals surface area contributed by atoms with Gasteiger partial charge in [0, 0.05) is 5.11 Å². The van der Waals surface area contributed by atoms with Crippen molar-refractivity contribution in [1.82, 2.24) is 0 Å². The molecule has 4 nitrogen and oxygen atoms in total. The minimum absolute atomic E-state index is 0.507. The van der Waals surface area contributed by atoms with E-state index < -0.39 is 5.62 Å². The molecular formula is C7H6ClN4+. The minimum Gasteiger partial charge on any atom is -0.0851 e. The van der Waals surface area contributed by atoms with Crippen molar-refractivity contribution in [3.8, 4) is 0 Å². The molecule has 0 fully saturated rings. The van der Waals surface area contributed by atoms with Crippen LogP contribution >= 0.6 is 11.6 Å². The van der Waals surface area contributed by atoms with Crippen LogP contribution in [0.4, 0.5) is 5.69 Å². The van der Waals surface area contributed by atoms with Gasteiger partial charge >= 0.3 is 5.62 Å². The number of hydrogen-bond acceptors (Lipinski definition) is 3. The SMILES string of the molecule is ClC1N=NN=[N+]1c1ccccc1. The fourth-order valence-electron chi connectivity index (χ4n) is 0.956. The highest BCUT2D eigenvalue weighted by atomic mass is 35.5. The number of hydrogen-bond donors (Lipinski definition) is 0. The van der Waals surface area contributed by atoms with Crippen molar-refractivity contribution in [3.05, 3.63) is 30.3 Å². The molecule has 0 saturated heterocycles. The lowest BCUT2D eigenvalue weighted by atomic mass is 10.3. The Bertz CT molecular complexity index is 333. The Morgan fingerprint density at radius 1 is 1.25 bits per heavy atom. The van der Waals surface area contributed by atoms with Crippen molar-refractivity contribution >= 4 is 17.3 Å². The van der Waals surface area contributed by atoms with E-state index in [1.165, 1.54) is 0 Å². The third kappa shape index (κ3) is 1.21. The van der Waals surface area contributed by atoms with E-state index in [0.717, 1.165) is 5.69 Å².